The van der Waals surface area contributed by atoms with E-state index in [0.29, 0.717) is 29.0 Å². The molecule has 1 amide bonds. The van der Waals surface area contributed by atoms with E-state index in [4.69, 9.17) is 11.6 Å². The van der Waals surface area contributed by atoms with Gasteiger partial charge in [0.2, 0.25) is 0 Å². The lowest BCUT2D eigenvalue weighted by atomic mass is 10.1. The number of carbonyl (C=O) groups is 1. The van der Waals surface area contributed by atoms with E-state index < -0.39 is 0 Å². The van der Waals surface area contributed by atoms with Crippen LogP contribution in [0.3, 0.4) is 0 Å². The Labute approximate surface area is 126 Å². The molecule has 0 unspecified atom stereocenters. The molecule has 112 valence electrons. The Morgan fingerprint density at radius 1 is 1.35 bits per heavy atom. The predicted octanol–water partition coefficient (Wildman–Crippen LogP) is 3.67. The summed E-state index contributed by atoms with van der Waals surface area (Å²) in [6.07, 6.45) is 0. The zero-order chi connectivity index (χ0) is 15.3. The van der Waals surface area contributed by atoms with E-state index in [9.17, 15) is 4.79 Å². The lowest BCUT2D eigenvalue weighted by Crippen LogP contribution is -2.40. The quantitative estimate of drug-likeness (QED) is 0.871. The van der Waals surface area contributed by atoms with Gasteiger partial charge in [-0.15, -0.1) is 0 Å². The maximum atomic E-state index is 12.7. The van der Waals surface area contributed by atoms with Crippen LogP contribution in [-0.4, -0.2) is 34.9 Å². The first-order chi connectivity index (χ1) is 9.36. The molecule has 0 aliphatic heterocycles. The number of nitrogens with zero attached hydrogens (tertiary/aromatic N) is 2. The van der Waals surface area contributed by atoms with E-state index in [1.54, 1.807) is 12.1 Å². The molecule has 0 aliphatic rings. The monoisotopic (exact) mass is 297 g/mol. The molecule has 1 aromatic heterocycles. The molecule has 4 nitrogen and oxygen atoms in total. The van der Waals surface area contributed by atoms with Gasteiger partial charge in [0.25, 0.3) is 5.91 Å². The van der Waals surface area contributed by atoms with Crippen molar-refractivity contribution in [3.63, 3.8) is 0 Å². The summed E-state index contributed by atoms with van der Waals surface area (Å²) in [5, 5.41) is 3.49. The summed E-state index contributed by atoms with van der Waals surface area (Å²) in [5.74, 6) is 0.962. The van der Waals surface area contributed by atoms with Gasteiger partial charge in [-0.3, -0.25) is 4.79 Å². The normalized spacial score (nSPS) is 11.0. The zero-order valence-corrected chi connectivity index (χ0v) is 13.7. The van der Waals surface area contributed by atoms with Crippen LogP contribution in [0.15, 0.2) is 12.1 Å². The fourth-order valence-corrected chi connectivity index (χ4v) is 2.12. The average molecular weight is 298 g/mol. The number of aromatic nitrogens is 1. The van der Waals surface area contributed by atoms with Crippen molar-refractivity contribution in [1.29, 1.82) is 0 Å². The molecule has 0 aromatic carbocycles. The number of carbonyl (C=O) groups excluding carboxylic acids is 1. The Hall–Kier alpha value is -1.29. The van der Waals surface area contributed by atoms with E-state index >= 15 is 0 Å². The molecule has 5 heteroatoms. The van der Waals surface area contributed by atoms with Gasteiger partial charge in [-0.2, -0.15) is 0 Å². The SMILES string of the molecule is CCNc1ccc(Cl)c(C(=O)N(CC(C)C)C(C)C)n1. The first-order valence-corrected chi connectivity index (χ1v) is 7.46. The van der Waals surface area contributed by atoms with Crippen LogP contribution in [0.4, 0.5) is 5.82 Å². The summed E-state index contributed by atoms with van der Waals surface area (Å²) in [4.78, 5) is 18.8. The van der Waals surface area contributed by atoms with Gasteiger partial charge in [0.15, 0.2) is 0 Å². The highest BCUT2D eigenvalue weighted by atomic mass is 35.5. The second-order valence-corrected chi connectivity index (χ2v) is 5.91. The van der Waals surface area contributed by atoms with Crippen molar-refractivity contribution in [3.8, 4) is 0 Å². The molecule has 0 atom stereocenters. The third kappa shape index (κ3) is 4.37. The van der Waals surface area contributed by atoms with Crippen molar-refractivity contribution < 1.29 is 4.79 Å². The summed E-state index contributed by atoms with van der Waals surface area (Å²) in [5.41, 5.74) is 0.319. The lowest BCUT2D eigenvalue weighted by Gasteiger charge is -2.28. The number of nitrogens with one attached hydrogen (secondary N) is 1. The number of rotatable bonds is 6. The molecule has 0 radical (unpaired) electrons. The molecule has 0 saturated carbocycles. The molecule has 1 aromatic rings. The maximum Gasteiger partial charge on any atom is 0.274 e. The molecule has 0 spiro atoms. The van der Waals surface area contributed by atoms with Gasteiger partial charge < -0.3 is 10.2 Å². The number of pyridine rings is 1. The molecule has 0 saturated heterocycles. The van der Waals surface area contributed by atoms with Crippen LogP contribution in [0.1, 0.15) is 45.1 Å². The Balaban J connectivity index is 3.07. The summed E-state index contributed by atoms with van der Waals surface area (Å²) in [7, 11) is 0. The highest BCUT2D eigenvalue weighted by Crippen LogP contribution is 2.20. The lowest BCUT2D eigenvalue weighted by molar-refractivity contribution is 0.0676. The Bertz CT molecular complexity index is 460. The van der Waals surface area contributed by atoms with Gasteiger partial charge in [0.1, 0.15) is 11.5 Å². The molecule has 0 aliphatic carbocycles. The van der Waals surface area contributed by atoms with Crippen molar-refractivity contribution in [2.75, 3.05) is 18.4 Å². The number of anilines is 1. The third-order valence-corrected chi connectivity index (χ3v) is 3.16. The predicted molar refractivity (Wildman–Crippen MR) is 84.4 cm³/mol. The van der Waals surface area contributed by atoms with Gasteiger partial charge in [-0.25, -0.2) is 4.98 Å². The maximum absolute atomic E-state index is 12.7. The van der Waals surface area contributed by atoms with Crippen LogP contribution >= 0.6 is 11.6 Å². The van der Waals surface area contributed by atoms with Gasteiger partial charge in [-0.1, -0.05) is 25.4 Å². The second kappa shape index (κ2) is 7.48. The largest absolute Gasteiger partial charge is 0.370 e. The topological polar surface area (TPSA) is 45.2 Å². The molecule has 1 heterocycles. The third-order valence-electron chi connectivity index (χ3n) is 2.85. The van der Waals surface area contributed by atoms with Gasteiger partial charge in [0, 0.05) is 19.1 Å². The molecule has 0 fully saturated rings. The van der Waals surface area contributed by atoms with Crippen LogP contribution in [0.5, 0.6) is 0 Å². The fraction of sp³-hybridized carbons (Fsp3) is 0.600. The zero-order valence-electron chi connectivity index (χ0n) is 12.9. The van der Waals surface area contributed by atoms with Crippen molar-refractivity contribution in [3.05, 3.63) is 22.8 Å². The minimum atomic E-state index is -0.113. The van der Waals surface area contributed by atoms with Crippen LogP contribution in [0.25, 0.3) is 0 Å². The number of hydrogen-bond donors (Lipinski definition) is 1. The molecular weight excluding hydrogens is 274 g/mol. The van der Waals surface area contributed by atoms with Crippen molar-refractivity contribution in [2.45, 2.75) is 40.7 Å². The van der Waals surface area contributed by atoms with Crippen molar-refractivity contribution >= 4 is 23.3 Å². The van der Waals surface area contributed by atoms with Crippen LogP contribution < -0.4 is 5.32 Å². The van der Waals surface area contributed by atoms with Crippen LogP contribution in [-0.2, 0) is 0 Å². The van der Waals surface area contributed by atoms with Crippen molar-refractivity contribution in [1.82, 2.24) is 9.88 Å². The Morgan fingerprint density at radius 3 is 2.50 bits per heavy atom. The van der Waals surface area contributed by atoms with E-state index in [1.807, 2.05) is 25.7 Å². The first-order valence-electron chi connectivity index (χ1n) is 7.08. The number of amides is 1. The van der Waals surface area contributed by atoms with Crippen molar-refractivity contribution in [2.24, 2.45) is 5.92 Å². The van der Waals surface area contributed by atoms with E-state index in [-0.39, 0.29) is 11.9 Å². The minimum Gasteiger partial charge on any atom is -0.370 e. The fourth-order valence-electron chi connectivity index (χ4n) is 1.93. The summed E-state index contributed by atoms with van der Waals surface area (Å²) < 4.78 is 0. The second-order valence-electron chi connectivity index (χ2n) is 5.50. The van der Waals surface area contributed by atoms with Gasteiger partial charge >= 0.3 is 0 Å². The molecule has 1 N–H and O–H groups in total. The van der Waals surface area contributed by atoms with Gasteiger partial charge in [-0.05, 0) is 38.8 Å². The molecule has 20 heavy (non-hydrogen) atoms. The average Bonchev–Trinajstić information content (AvgIpc) is 2.37. The summed E-state index contributed by atoms with van der Waals surface area (Å²) >= 11 is 6.14. The standard InChI is InChI=1S/C15H24ClN3O/c1-6-17-13-8-7-12(16)14(18-13)15(20)19(11(4)5)9-10(2)3/h7-8,10-11H,6,9H2,1-5H3,(H,17,18). The number of hydrogen-bond acceptors (Lipinski definition) is 3. The minimum absolute atomic E-state index is 0.113. The smallest absolute Gasteiger partial charge is 0.274 e. The highest BCUT2D eigenvalue weighted by Gasteiger charge is 2.23. The Kier molecular flexibility index (Phi) is 6.27. The molecular formula is C15H24ClN3O. The van der Waals surface area contributed by atoms with E-state index in [0.717, 1.165) is 6.54 Å². The highest BCUT2D eigenvalue weighted by molar-refractivity contribution is 6.33. The Morgan fingerprint density at radius 2 is 2.00 bits per heavy atom. The first kappa shape index (κ1) is 16.8. The molecule has 1 rings (SSSR count). The summed E-state index contributed by atoms with van der Waals surface area (Å²) in [6.45, 7) is 11.6. The summed E-state index contributed by atoms with van der Waals surface area (Å²) in [6, 6.07) is 3.61. The van der Waals surface area contributed by atoms with Crippen LogP contribution in [0, 0.1) is 5.92 Å². The van der Waals surface area contributed by atoms with Gasteiger partial charge in [0.05, 0.1) is 5.02 Å². The van der Waals surface area contributed by atoms with E-state index in [2.05, 4.69) is 24.1 Å². The number of halogens is 1. The molecule has 0 bridgehead atoms. The van der Waals surface area contributed by atoms with E-state index in [1.165, 1.54) is 0 Å². The van der Waals surface area contributed by atoms with Crippen LogP contribution in [0.2, 0.25) is 5.02 Å².